The lowest BCUT2D eigenvalue weighted by Gasteiger charge is -2.21. The molecule has 0 N–H and O–H groups in total. The van der Waals surface area contributed by atoms with Crippen LogP contribution in [-0.2, 0) is 17.9 Å². The van der Waals surface area contributed by atoms with E-state index in [2.05, 4.69) is 16.8 Å². The Morgan fingerprint density at radius 1 is 1.21 bits per heavy atom. The van der Waals surface area contributed by atoms with Gasteiger partial charge in [-0.25, -0.2) is 4.39 Å². The molecule has 0 bridgehead atoms. The smallest absolute Gasteiger partial charge is 0.235 e. The molecule has 0 fully saturated rings. The second-order valence-corrected chi connectivity index (χ2v) is 7.93. The molecule has 3 rings (SSSR count). The van der Waals surface area contributed by atoms with E-state index in [1.165, 1.54) is 17.8 Å². The van der Waals surface area contributed by atoms with Gasteiger partial charge in [0.2, 0.25) is 5.91 Å². The Hall–Kier alpha value is -2.93. The lowest BCUT2D eigenvalue weighted by molar-refractivity contribution is -0.129. The fourth-order valence-electron chi connectivity index (χ4n) is 2.97. The molecule has 3 aromatic rings. The lowest BCUT2D eigenvalue weighted by atomic mass is 10.2. The Balaban J connectivity index is 1.77. The first-order chi connectivity index (χ1) is 14.0. The van der Waals surface area contributed by atoms with Crippen molar-refractivity contribution in [2.45, 2.75) is 30.4 Å². The molecule has 0 aliphatic carbocycles. The zero-order valence-electron chi connectivity index (χ0n) is 16.5. The number of benzene rings is 2. The van der Waals surface area contributed by atoms with E-state index in [4.69, 9.17) is 0 Å². The maximum atomic E-state index is 14.2. The summed E-state index contributed by atoms with van der Waals surface area (Å²) >= 11 is 1.31. The fraction of sp³-hybridized carbons (Fsp3) is 0.227. The molecule has 1 atom stereocenters. The highest BCUT2D eigenvalue weighted by molar-refractivity contribution is 8.00. The van der Waals surface area contributed by atoms with Crippen LogP contribution >= 0.6 is 11.8 Å². The molecule has 0 saturated carbocycles. The highest BCUT2D eigenvalue weighted by Gasteiger charge is 2.23. The van der Waals surface area contributed by atoms with Crippen LogP contribution < -0.4 is 0 Å². The zero-order valence-corrected chi connectivity index (χ0v) is 17.3. The topological polar surface area (TPSA) is 51.0 Å². The third kappa shape index (κ3) is 4.92. The number of carbonyl (C=O) groups is 1. The number of rotatable bonds is 8. The van der Waals surface area contributed by atoms with Crippen LogP contribution in [0.25, 0.3) is 11.4 Å². The second kappa shape index (κ2) is 9.52. The van der Waals surface area contributed by atoms with Gasteiger partial charge < -0.3 is 4.90 Å². The van der Waals surface area contributed by atoms with Gasteiger partial charge in [0.1, 0.15) is 5.82 Å². The van der Waals surface area contributed by atoms with Crippen molar-refractivity contribution in [3.8, 4) is 11.4 Å². The minimum Gasteiger partial charge on any atom is -0.340 e. The number of carbonyl (C=O) groups excluding carboxylic acids is 1. The van der Waals surface area contributed by atoms with Crippen molar-refractivity contribution < 1.29 is 9.18 Å². The Labute approximate surface area is 174 Å². The summed E-state index contributed by atoms with van der Waals surface area (Å²) in [6, 6.07) is 16.3. The minimum absolute atomic E-state index is 0.0144. The van der Waals surface area contributed by atoms with Crippen molar-refractivity contribution in [3.63, 3.8) is 0 Å². The molecule has 1 heterocycles. The fourth-order valence-corrected chi connectivity index (χ4v) is 3.94. The molecule has 0 aliphatic heterocycles. The summed E-state index contributed by atoms with van der Waals surface area (Å²) < 4.78 is 16.0. The van der Waals surface area contributed by atoms with E-state index >= 15 is 0 Å². The summed E-state index contributed by atoms with van der Waals surface area (Å²) in [5.74, 6) is 0.0377. The molecule has 0 saturated heterocycles. The van der Waals surface area contributed by atoms with Crippen molar-refractivity contribution in [3.05, 3.63) is 78.6 Å². The number of hydrogen-bond acceptors (Lipinski definition) is 4. The van der Waals surface area contributed by atoms with Gasteiger partial charge in [-0.05, 0) is 24.6 Å². The minimum atomic E-state index is -0.370. The van der Waals surface area contributed by atoms with Crippen molar-refractivity contribution in [2.24, 2.45) is 0 Å². The molecular formula is C22H23FN4OS. The van der Waals surface area contributed by atoms with Gasteiger partial charge in [-0.3, -0.25) is 9.36 Å². The predicted molar refractivity (Wildman–Crippen MR) is 114 cm³/mol. The maximum Gasteiger partial charge on any atom is 0.235 e. The standard InChI is InChI=1S/C22H23FN4OS/c1-4-14-27-20(18-12-8-9-13-19(18)23)24-25-22(27)29-16(2)21(28)26(3)15-17-10-6-5-7-11-17/h4-13,16H,1,14-15H2,2-3H3. The number of nitrogens with zero attached hydrogens (tertiary/aromatic N) is 4. The maximum absolute atomic E-state index is 14.2. The zero-order chi connectivity index (χ0) is 20.8. The van der Waals surface area contributed by atoms with E-state index in [9.17, 15) is 9.18 Å². The van der Waals surface area contributed by atoms with Gasteiger partial charge in [-0.2, -0.15) is 0 Å². The molecule has 1 unspecified atom stereocenters. The molecule has 2 aromatic carbocycles. The summed E-state index contributed by atoms with van der Waals surface area (Å²) in [5, 5.41) is 8.56. The number of halogens is 1. The van der Waals surface area contributed by atoms with E-state index in [0.717, 1.165) is 5.56 Å². The predicted octanol–water partition coefficient (Wildman–Crippen LogP) is 4.41. The number of aromatic nitrogens is 3. The van der Waals surface area contributed by atoms with E-state index in [1.807, 2.05) is 37.3 Å². The largest absolute Gasteiger partial charge is 0.340 e. The second-order valence-electron chi connectivity index (χ2n) is 6.63. The van der Waals surface area contributed by atoms with E-state index in [1.54, 1.807) is 40.8 Å². The van der Waals surface area contributed by atoms with Crippen LogP contribution in [0.1, 0.15) is 12.5 Å². The van der Waals surface area contributed by atoms with Crippen molar-refractivity contribution in [1.29, 1.82) is 0 Å². The van der Waals surface area contributed by atoms with Gasteiger partial charge in [-0.15, -0.1) is 16.8 Å². The Morgan fingerprint density at radius 2 is 1.90 bits per heavy atom. The molecule has 29 heavy (non-hydrogen) atoms. The summed E-state index contributed by atoms with van der Waals surface area (Å²) in [6.07, 6.45) is 1.70. The molecule has 0 aliphatic rings. The van der Waals surface area contributed by atoms with E-state index in [-0.39, 0.29) is 17.0 Å². The molecule has 150 valence electrons. The van der Waals surface area contributed by atoms with Crippen LogP contribution in [0, 0.1) is 5.82 Å². The first-order valence-corrected chi connectivity index (χ1v) is 10.1. The van der Waals surface area contributed by atoms with Crippen LogP contribution in [0.2, 0.25) is 0 Å². The first kappa shape index (κ1) is 20.8. The molecule has 1 amide bonds. The van der Waals surface area contributed by atoms with Crippen LogP contribution in [0.15, 0.2) is 72.4 Å². The average Bonchev–Trinajstić information content (AvgIpc) is 3.11. The SMILES string of the molecule is C=CCn1c(SC(C)C(=O)N(C)Cc2ccccc2)nnc1-c1ccccc1F. The third-order valence-electron chi connectivity index (χ3n) is 4.41. The lowest BCUT2D eigenvalue weighted by Crippen LogP contribution is -2.33. The summed E-state index contributed by atoms with van der Waals surface area (Å²) in [5.41, 5.74) is 1.44. The highest BCUT2D eigenvalue weighted by Crippen LogP contribution is 2.29. The Kier molecular flexibility index (Phi) is 6.82. The third-order valence-corrected chi connectivity index (χ3v) is 5.48. The number of amides is 1. The Morgan fingerprint density at radius 3 is 2.59 bits per heavy atom. The van der Waals surface area contributed by atoms with Crippen LogP contribution in [-0.4, -0.2) is 37.9 Å². The summed E-state index contributed by atoms with van der Waals surface area (Å²) in [7, 11) is 1.78. The van der Waals surface area contributed by atoms with Gasteiger partial charge >= 0.3 is 0 Å². The van der Waals surface area contributed by atoms with Gasteiger partial charge in [0.15, 0.2) is 11.0 Å². The Bertz CT molecular complexity index is 989. The highest BCUT2D eigenvalue weighted by atomic mass is 32.2. The van der Waals surface area contributed by atoms with Gasteiger partial charge in [0, 0.05) is 20.1 Å². The van der Waals surface area contributed by atoms with Crippen molar-refractivity contribution in [2.75, 3.05) is 7.05 Å². The first-order valence-electron chi connectivity index (χ1n) is 9.25. The molecule has 1 aromatic heterocycles. The summed E-state index contributed by atoms with van der Waals surface area (Å²) in [4.78, 5) is 14.5. The monoisotopic (exact) mass is 410 g/mol. The van der Waals surface area contributed by atoms with Crippen molar-refractivity contribution >= 4 is 17.7 Å². The number of hydrogen-bond donors (Lipinski definition) is 0. The summed E-state index contributed by atoms with van der Waals surface area (Å²) in [6.45, 7) is 6.55. The molecule has 7 heteroatoms. The molecule has 0 spiro atoms. The van der Waals surface area contributed by atoms with E-state index < -0.39 is 0 Å². The van der Waals surface area contributed by atoms with Gasteiger partial charge in [0.05, 0.1) is 10.8 Å². The molecule has 5 nitrogen and oxygen atoms in total. The molecular weight excluding hydrogens is 387 g/mol. The average molecular weight is 411 g/mol. The van der Waals surface area contributed by atoms with Crippen LogP contribution in [0.4, 0.5) is 4.39 Å². The van der Waals surface area contributed by atoms with Crippen molar-refractivity contribution in [1.82, 2.24) is 19.7 Å². The van der Waals surface area contributed by atoms with Crippen LogP contribution in [0.3, 0.4) is 0 Å². The van der Waals surface area contributed by atoms with Crippen LogP contribution in [0.5, 0.6) is 0 Å². The number of allylic oxidation sites excluding steroid dienone is 1. The normalized spacial score (nSPS) is 11.8. The number of thioether (sulfide) groups is 1. The van der Waals surface area contributed by atoms with Gasteiger partial charge in [-0.1, -0.05) is 60.3 Å². The van der Waals surface area contributed by atoms with Gasteiger partial charge in [0.25, 0.3) is 0 Å². The molecule has 0 radical (unpaired) electrons. The quantitative estimate of drug-likeness (QED) is 0.408. The van der Waals surface area contributed by atoms with E-state index in [0.29, 0.717) is 29.6 Å².